The van der Waals surface area contributed by atoms with Crippen LogP contribution in [0.2, 0.25) is 0 Å². The molecule has 0 spiro atoms. The number of fused-ring (bicyclic) bond motifs is 1. The maximum absolute atomic E-state index is 13.0. The number of nitrogens with zero attached hydrogens (tertiary/aromatic N) is 4. The Morgan fingerprint density at radius 1 is 1.00 bits per heavy atom. The van der Waals surface area contributed by atoms with Crippen LogP contribution in [0.1, 0.15) is 41.5 Å². The van der Waals surface area contributed by atoms with Crippen LogP contribution in [0.3, 0.4) is 0 Å². The number of halogens is 3. The fraction of sp³-hybridized carbons (Fsp3) is 0.333. The molecule has 0 amide bonds. The van der Waals surface area contributed by atoms with Gasteiger partial charge < -0.3 is 19.8 Å². The highest BCUT2D eigenvalue weighted by molar-refractivity contribution is 7.18. The number of hydrogen-bond donors (Lipinski definition) is 2. The van der Waals surface area contributed by atoms with E-state index in [0.717, 1.165) is 47.3 Å². The van der Waals surface area contributed by atoms with E-state index in [2.05, 4.69) is 54.8 Å². The van der Waals surface area contributed by atoms with Crippen LogP contribution in [-0.4, -0.2) is 45.3 Å². The van der Waals surface area contributed by atoms with E-state index < -0.39 is 12.6 Å². The van der Waals surface area contributed by atoms with Gasteiger partial charge in [0.25, 0.3) is 0 Å². The molecule has 0 radical (unpaired) electrons. The van der Waals surface area contributed by atoms with E-state index in [9.17, 15) is 13.2 Å². The average molecular weight is 595 g/mol. The van der Waals surface area contributed by atoms with Crippen LogP contribution in [0.25, 0.3) is 21.3 Å². The van der Waals surface area contributed by atoms with Crippen LogP contribution in [0, 0.1) is 0 Å². The third kappa shape index (κ3) is 6.71. The number of pyridine rings is 1. The summed E-state index contributed by atoms with van der Waals surface area (Å²) in [4.78, 5) is 18.0. The second kappa shape index (κ2) is 12.1. The van der Waals surface area contributed by atoms with Gasteiger partial charge in [-0.05, 0) is 42.5 Å². The summed E-state index contributed by atoms with van der Waals surface area (Å²) in [7, 11) is 1.62. The molecule has 1 saturated carbocycles. The lowest BCUT2D eigenvalue weighted by molar-refractivity contribution is -0.126. The Kier molecular flexibility index (Phi) is 8.07. The summed E-state index contributed by atoms with van der Waals surface area (Å²) in [6, 6.07) is 12.0. The highest BCUT2D eigenvalue weighted by Crippen LogP contribution is 2.37. The molecule has 3 atom stereocenters. The number of thiophene rings is 1. The highest BCUT2D eigenvalue weighted by atomic mass is 32.1. The number of oxazole rings is 1. The Morgan fingerprint density at radius 2 is 1.83 bits per heavy atom. The number of hydrogen-bond acceptors (Lipinski definition) is 9. The fourth-order valence-corrected chi connectivity index (χ4v) is 6.53. The van der Waals surface area contributed by atoms with E-state index in [0.29, 0.717) is 34.2 Å². The maximum atomic E-state index is 13.0. The topological polar surface area (TPSA) is 98.0 Å². The Bertz CT molecular complexity index is 1620. The van der Waals surface area contributed by atoms with Gasteiger partial charge in [-0.15, -0.1) is 11.3 Å². The monoisotopic (exact) mass is 594 g/mol. The summed E-state index contributed by atoms with van der Waals surface area (Å²) in [6.45, 7) is 0.676. The first-order valence-electron chi connectivity index (χ1n) is 13.6. The van der Waals surface area contributed by atoms with Crippen molar-refractivity contribution in [3.8, 4) is 16.9 Å². The molecule has 12 heteroatoms. The summed E-state index contributed by atoms with van der Waals surface area (Å²) in [5.74, 6) is 2.01. The van der Waals surface area contributed by atoms with Crippen molar-refractivity contribution in [3.63, 3.8) is 0 Å². The molecule has 1 fully saturated rings. The zero-order valence-corrected chi connectivity index (χ0v) is 23.6. The molecule has 1 aliphatic rings. The number of alkyl halides is 3. The van der Waals surface area contributed by atoms with E-state index in [1.54, 1.807) is 31.8 Å². The first-order chi connectivity index (χ1) is 20.3. The maximum Gasteiger partial charge on any atom is 0.393 e. The molecule has 42 heavy (non-hydrogen) atoms. The summed E-state index contributed by atoms with van der Waals surface area (Å²) in [6.07, 6.45) is 5.26. The van der Waals surface area contributed by atoms with E-state index in [4.69, 9.17) is 9.15 Å². The molecule has 218 valence electrons. The van der Waals surface area contributed by atoms with Gasteiger partial charge >= 0.3 is 6.18 Å². The van der Waals surface area contributed by atoms with Gasteiger partial charge in [-0.25, -0.2) is 15.0 Å². The molecule has 0 unspecified atom stereocenters. The normalized spacial score (nSPS) is 19.2. The van der Waals surface area contributed by atoms with E-state index in [1.165, 1.54) is 6.33 Å². The van der Waals surface area contributed by atoms with Gasteiger partial charge in [-0.2, -0.15) is 13.2 Å². The van der Waals surface area contributed by atoms with Crippen LogP contribution >= 0.6 is 11.3 Å². The molecule has 0 aliphatic heterocycles. The first-order valence-corrected chi connectivity index (χ1v) is 14.4. The standard InChI is InChI=1S/C30H29F3N6O2S/c1-40-24-10-21(15-34-16-24)19-4-2-18(3-5-19)14-36-22-8-20(28-35-6-7-41-28)9-23(11-22)39-27-26-12-25(13-30(31,32)33)42-29(26)38-17-37-27/h2-7,10,12,15-17,20,22-23,36H,8-9,11,13-14H2,1H3,(H,37,38,39)/t20-,22+,23-/m1/s1. The van der Waals surface area contributed by atoms with Crippen molar-refractivity contribution >= 4 is 27.4 Å². The van der Waals surface area contributed by atoms with Crippen LogP contribution in [-0.2, 0) is 13.0 Å². The summed E-state index contributed by atoms with van der Waals surface area (Å²) >= 11 is 1.05. The molecular formula is C30H29F3N6O2S. The predicted molar refractivity (Wildman–Crippen MR) is 155 cm³/mol. The first kappa shape index (κ1) is 28.1. The van der Waals surface area contributed by atoms with E-state index in [-0.39, 0.29) is 22.9 Å². The van der Waals surface area contributed by atoms with E-state index >= 15 is 0 Å². The largest absolute Gasteiger partial charge is 0.495 e. The van der Waals surface area contributed by atoms with Gasteiger partial charge in [-0.3, -0.25) is 4.98 Å². The van der Waals surface area contributed by atoms with Crippen molar-refractivity contribution in [2.45, 2.75) is 56.4 Å². The molecule has 6 rings (SSSR count). The van der Waals surface area contributed by atoms with Crippen molar-refractivity contribution in [1.82, 2.24) is 25.3 Å². The summed E-state index contributed by atoms with van der Waals surface area (Å²) in [5.41, 5.74) is 3.18. The number of anilines is 1. The minimum absolute atomic E-state index is 0.000142. The van der Waals surface area contributed by atoms with Crippen LogP contribution in [0.5, 0.6) is 5.75 Å². The molecule has 2 N–H and O–H groups in total. The van der Waals surface area contributed by atoms with Gasteiger partial charge in [0, 0.05) is 41.2 Å². The Labute approximate surface area is 244 Å². The third-order valence-electron chi connectivity index (χ3n) is 7.43. The van der Waals surface area contributed by atoms with Crippen LogP contribution in [0.4, 0.5) is 19.0 Å². The molecular weight excluding hydrogens is 565 g/mol. The minimum Gasteiger partial charge on any atom is -0.495 e. The number of nitrogens with one attached hydrogen (secondary N) is 2. The van der Waals surface area contributed by atoms with E-state index in [1.807, 2.05) is 12.3 Å². The highest BCUT2D eigenvalue weighted by Gasteiger charge is 2.33. The number of aromatic nitrogens is 4. The zero-order valence-electron chi connectivity index (χ0n) is 22.8. The smallest absolute Gasteiger partial charge is 0.393 e. The second-order valence-electron chi connectivity index (χ2n) is 10.4. The van der Waals surface area contributed by atoms with Crippen molar-refractivity contribution in [2.75, 3.05) is 12.4 Å². The SMILES string of the molecule is COc1cncc(-c2ccc(CN[C@@H]3C[C@H](Nc4ncnc5sc(CC(F)(F)F)cc45)C[C@H](c4ncco4)C3)cc2)c1. The lowest BCUT2D eigenvalue weighted by Gasteiger charge is -2.35. The molecule has 0 bridgehead atoms. The van der Waals surface area contributed by atoms with Gasteiger partial charge in [0.05, 0.1) is 31.3 Å². The van der Waals surface area contributed by atoms with Gasteiger partial charge in [0.1, 0.15) is 29.0 Å². The molecule has 1 aliphatic carbocycles. The Hall–Kier alpha value is -4.03. The number of methoxy groups -OCH3 is 1. The lowest BCUT2D eigenvalue weighted by atomic mass is 9.82. The lowest BCUT2D eigenvalue weighted by Crippen LogP contribution is -2.41. The van der Waals surface area contributed by atoms with Gasteiger partial charge in [-0.1, -0.05) is 24.3 Å². The Balaban J connectivity index is 1.16. The molecule has 4 heterocycles. The molecule has 4 aromatic heterocycles. The number of ether oxygens (including phenoxy) is 1. The van der Waals surface area contributed by atoms with Crippen molar-refractivity contribution < 1.29 is 22.3 Å². The zero-order chi connectivity index (χ0) is 29.1. The third-order valence-corrected chi connectivity index (χ3v) is 8.48. The van der Waals surface area contributed by atoms with Crippen molar-refractivity contribution in [3.05, 3.63) is 83.9 Å². The quantitative estimate of drug-likeness (QED) is 0.193. The minimum atomic E-state index is -4.28. The van der Waals surface area contributed by atoms with Crippen molar-refractivity contribution in [1.29, 1.82) is 0 Å². The van der Waals surface area contributed by atoms with Crippen LogP contribution in [0.15, 0.2) is 72.0 Å². The average Bonchev–Trinajstić information content (AvgIpc) is 3.66. The number of rotatable bonds is 9. The molecule has 0 saturated heterocycles. The Morgan fingerprint density at radius 3 is 2.60 bits per heavy atom. The fourth-order valence-electron chi connectivity index (χ4n) is 5.51. The molecule has 8 nitrogen and oxygen atoms in total. The van der Waals surface area contributed by atoms with Gasteiger partial charge in [0.2, 0.25) is 0 Å². The predicted octanol–water partition coefficient (Wildman–Crippen LogP) is 6.76. The summed E-state index contributed by atoms with van der Waals surface area (Å²) < 4.78 is 50.0. The number of benzene rings is 1. The van der Waals surface area contributed by atoms with Crippen LogP contribution < -0.4 is 15.4 Å². The summed E-state index contributed by atoms with van der Waals surface area (Å²) in [5, 5.41) is 7.80. The van der Waals surface area contributed by atoms with Gasteiger partial charge in [0.15, 0.2) is 5.89 Å². The molecule has 5 aromatic rings. The van der Waals surface area contributed by atoms with Crippen molar-refractivity contribution in [2.24, 2.45) is 0 Å². The second-order valence-corrected chi connectivity index (χ2v) is 11.6. The molecule has 1 aromatic carbocycles.